The van der Waals surface area contributed by atoms with Gasteiger partial charge in [-0.15, -0.1) is 0 Å². The number of hydrogen-bond donors (Lipinski definition) is 1. The van der Waals surface area contributed by atoms with E-state index in [2.05, 4.69) is 16.9 Å². The second-order valence-electron chi connectivity index (χ2n) is 5.17. The van der Waals surface area contributed by atoms with Crippen molar-refractivity contribution in [3.05, 3.63) is 23.5 Å². The molecule has 1 saturated heterocycles. The van der Waals surface area contributed by atoms with Gasteiger partial charge in [0.05, 0.1) is 5.69 Å². The third-order valence-corrected chi connectivity index (χ3v) is 3.42. The van der Waals surface area contributed by atoms with Gasteiger partial charge in [0.1, 0.15) is 5.75 Å². The van der Waals surface area contributed by atoms with Crippen molar-refractivity contribution in [3.63, 3.8) is 0 Å². The van der Waals surface area contributed by atoms with E-state index in [0.29, 0.717) is 18.2 Å². The first-order valence-electron chi connectivity index (χ1n) is 6.57. The van der Waals surface area contributed by atoms with Gasteiger partial charge in [0.2, 0.25) is 0 Å². The standard InChI is InChI=1S/C14H22N2O2/c1-11-3-4-14(17)13(15-11)10-16(2)9-12-5-7-18-8-6-12/h3-4,12,17H,5-10H2,1-2H3. The Morgan fingerprint density at radius 2 is 2.11 bits per heavy atom. The van der Waals surface area contributed by atoms with Crippen molar-refractivity contribution in [1.82, 2.24) is 9.88 Å². The fraction of sp³-hybridized carbons (Fsp3) is 0.643. The molecule has 0 aromatic carbocycles. The molecule has 0 spiro atoms. The predicted molar refractivity (Wildman–Crippen MR) is 70.5 cm³/mol. The average Bonchev–Trinajstić information content (AvgIpc) is 2.35. The molecule has 4 nitrogen and oxygen atoms in total. The van der Waals surface area contributed by atoms with Crippen LogP contribution in [0.3, 0.4) is 0 Å². The number of aromatic hydroxyl groups is 1. The molecule has 0 unspecified atom stereocenters. The highest BCUT2D eigenvalue weighted by Crippen LogP contribution is 2.19. The highest BCUT2D eigenvalue weighted by atomic mass is 16.5. The fourth-order valence-electron chi connectivity index (χ4n) is 2.41. The predicted octanol–water partition coefficient (Wildman–Crippen LogP) is 1.95. The first-order valence-corrected chi connectivity index (χ1v) is 6.57. The molecule has 0 aliphatic carbocycles. The van der Waals surface area contributed by atoms with Gasteiger partial charge in [0, 0.05) is 32.0 Å². The molecule has 1 aromatic rings. The Hall–Kier alpha value is -1.13. The number of ether oxygens (including phenoxy) is 1. The summed E-state index contributed by atoms with van der Waals surface area (Å²) < 4.78 is 5.36. The van der Waals surface area contributed by atoms with Crippen molar-refractivity contribution in [1.29, 1.82) is 0 Å². The average molecular weight is 250 g/mol. The molecule has 2 heterocycles. The van der Waals surface area contributed by atoms with Gasteiger partial charge < -0.3 is 14.7 Å². The van der Waals surface area contributed by atoms with Crippen molar-refractivity contribution in [2.24, 2.45) is 5.92 Å². The van der Waals surface area contributed by atoms with E-state index in [0.717, 1.165) is 44.0 Å². The lowest BCUT2D eigenvalue weighted by atomic mass is 10.00. The third kappa shape index (κ3) is 3.68. The first-order chi connectivity index (χ1) is 8.65. The molecule has 18 heavy (non-hydrogen) atoms. The second-order valence-corrected chi connectivity index (χ2v) is 5.17. The minimum Gasteiger partial charge on any atom is -0.506 e. The monoisotopic (exact) mass is 250 g/mol. The minimum atomic E-state index is 0.291. The van der Waals surface area contributed by atoms with Gasteiger partial charge in [0.25, 0.3) is 0 Å². The normalized spacial score (nSPS) is 17.3. The van der Waals surface area contributed by atoms with Crippen molar-refractivity contribution < 1.29 is 9.84 Å². The van der Waals surface area contributed by atoms with Gasteiger partial charge in [-0.05, 0) is 44.9 Å². The number of aromatic nitrogens is 1. The van der Waals surface area contributed by atoms with Crippen LogP contribution >= 0.6 is 0 Å². The van der Waals surface area contributed by atoms with E-state index in [1.165, 1.54) is 0 Å². The molecule has 0 amide bonds. The second kappa shape index (κ2) is 6.16. The maximum Gasteiger partial charge on any atom is 0.138 e. The summed E-state index contributed by atoms with van der Waals surface area (Å²) >= 11 is 0. The van der Waals surface area contributed by atoms with Crippen molar-refractivity contribution in [2.75, 3.05) is 26.8 Å². The van der Waals surface area contributed by atoms with Gasteiger partial charge in [-0.3, -0.25) is 4.98 Å². The maximum absolute atomic E-state index is 9.78. The molecule has 0 bridgehead atoms. The Labute approximate surface area is 109 Å². The lowest BCUT2D eigenvalue weighted by Gasteiger charge is -2.27. The van der Waals surface area contributed by atoms with Gasteiger partial charge >= 0.3 is 0 Å². The lowest BCUT2D eigenvalue weighted by molar-refractivity contribution is 0.0547. The first kappa shape index (κ1) is 13.3. The van der Waals surface area contributed by atoms with Crippen molar-refractivity contribution >= 4 is 0 Å². The fourth-order valence-corrected chi connectivity index (χ4v) is 2.41. The largest absolute Gasteiger partial charge is 0.506 e. The molecule has 4 heteroatoms. The Bertz CT molecular complexity index is 389. The van der Waals surface area contributed by atoms with Gasteiger partial charge in [-0.1, -0.05) is 0 Å². The number of hydrogen-bond acceptors (Lipinski definition) is 4. The van der Waals surface area contributed by atoms with E-state index in [1.807, 2.05) is 13.0 Å². The van der Waals surface area contributed by atoms with E-state index in [9.17, 15) is 5.11 Å². The van der Waals surface area contributed by atoms with Gasteiger partial charge in [0.15, 0.2) is 0 Å². The Morgan fingerprint density at radius 1 is 1.39 bits per heavy atom. The van der Waals surface area contributed by atoms with Crippen molar-refractivity contribution in [2.45, 2.75) is 26.3 Å². The lowest BCUT2D eigenvalue weighted by Crippen LogP contribution is -2.29. The Balaban J connectivity index is 1.89. The molecule has 1 aliphatic heterocycles. The number of aryl methyl sites for hydroxylation is 1. The van der Waals surface area contributed by atoms with Crippen LogP contribution in [0.2, 0.25) is 0 Å². The number of nitrogens with zero attached hydrogens (tertiary/aromatic N) is 2. The van der Waals surface area contributed by atoms with E-state index < -0.39 is 0 Å². The van der Waals surface area contributed by atoms with Gasteiger partial charge in [-0.2, -0.15) is 0 Å². The maximum atomic E-state index is 9.78. The summed E-state index contributed by atoms with van der Waals surface area (Å²) in [5, 5.41) is 9.78. The van der Waals surface area contributed by atoms with Gasteiger partial charge in [-0.25, -0.2) is 0 Å². The molecule has 0 atom stereocenters. The highest BCUT2D eigenvalue weighted by molar-refractivity contribution is 5.27. The van der Waals surface area contributed by atoms with Crippen LogP contribution < -0.4 is 0 Å². The molecule has 100 valence electrons. The molecule has 1 N–H and O–H groups in total. The third-order valence-electron chi connectivity index (χ3n) is 3.42. The molecular weight excluding hydrogens is 228 g/mol. The number of pyridine rings is 1. The van der Waals surface area contributed by atoms with E-state index in [-0.39, 0.29) is 0 Å². The zero-order valence-electron chi connectivity index (χ0n) is 11.2. The number of rotatable bonds is 4. The van der Waals surface area contributed by atoms with Crippen LogP contribution in [0.4, 0.5) is 0 Å². The molecule has 1 fully saturated rings. The molecule has 0 saturated carbocycles. The summed E-state index contributed by atoms with van der Waals surface area (Å²) in [5.74, 6) is 0.995. The molecular formula is C14H22N2O2. The Kier molecular flexibility index (Phi) is 4.55. The van der Waals surface area contributed by atoms with Crippen LogP contribution in [-0.4, -0.2) is 41.8 Å². The summed E-state index contributed by atoms with van der Waals surface area (Å²) in [6.45, 7) is 5.45. The summed E-state index contributed by atoms with van der Waals surface area (Å²) in [4.78, 5) is 6.62. The van der Waals surface area contributed by atoms with Crippen LogP contribution in [0, 0.1) is 12.8 Å². The van der Waals surface area contributed by atoms with E-state index in [4.69, 9.17) is 4.74 Å². The quantitative estimate of drug-likeness (QED) is 0.887. The smallest absolute Gasteiger partial charge is 0.138 e. The summed E-state index contributed by atoms with van der Waals surface area (Å²) in [6.07, 6.45) is 2.27. The van der Waals surface area contributed by atoms with Crippen LogP contribution in [0.25, 0.3) is 0 Å². The summed E-state index contributed by atoms with van der Waals surface area (Å²) in [6, 6.07) is 3.55. The highest BCUT2D eigenvalue weighted by Gasteiger charge is 2.16. The molecule has 1 aromatic heterocycles. The zero-order valence-corrected chi connectivity index (χ0v) is 11.2. The van der Waals surface area contributed by atoms with Crippen LogP contribution in [0.15, 0.2) is 12.1 Å². The SMILES string of the molecule is Cc1ccc(O)c(CN(C)CC2CCOCC2)n1. The minimum absolute atomic E-state index is 0.291. The van der Waals surface area contributed by atoms with Crippen LogP contribution in [0.1, 0.15) is 24.2 Å². The molecule has 0 radical (unpaired) electrons. The van der Waals surface area contributed by atoms with Crippen LogP contribution in [-0.2, 0) is 11.3 Å². The van der Waals surface area contributed by atoms with E-state index >= 15 is 0 Å². The van der Waals surface area contributed by atoms with E-state index in [1.54, 1.807) is 6.07 Å². The molecule has 1 aliphatic rings. The van der Waals surface area contributed by atoms with Crippen LogP contribution in [0.5, 0.6) is 5.75 Å². The topological polar surface area (TPSA) is 45.6 Å². The Morgan fingerprint density at radius 3 is 2.83 bits per heavy atom. The molecule has 2 rings (SSSR count). The summed E-state index contributed by atoms with van der Waals surface area (Å²) in [7, 11) is 2.08. The zero-order chi connectivity index (χ0) is 13.0. The summed E-state index contributed by atoms with van der Waals surface area (Å²) in [5.41, 5.74) is 1.71. The van der Waals surface area contributed by atoms with Crippen molar-refractivity contribution in [3.8, 4) is 5.75 Å².